The minimum absolute atomic E-state index is 0.544. The molecule has 4 atom stereocenters. The second-order valence-electron chi connectivity index (χ2n) is 3.24. The van der Waals surface area contributed by atoms with Gasteiger partial charge in [0.05, 0.1) is 6.61 Å². The summed E-state index contributed by atoms with van der Waals surface area (Å²) < 4.78 is 46.3. The summed E-state index contributed by atoms with van der Waals surface area (Å²) >= 11 is 0. The van der Waals surface area contributed by atoms with Crippen LogP contribution in [-0.4, -0.2) is 59.3 Å². The Bertz CT molecular complexity index is 229. The van der Waals surface area contributed by atoms with E-state index in [4.69, 9.17) is 10.2 Å². The maximum atomic E-state index is 12.5. The first-order valence-electron chi connectivity index (χ1n) is 4.04. The lowest BCUT2D eigenvalue weighted by Crippen LogP contribution is -2.70. The molecule has 0 aromatic rings. The molecule has 1 fully saturated rings. The Morgan fingerprint density at radius 3 is 2.33 bits per heavy atom. The summed E-state index contributed by atoms with van der Waals surface area (Å²) in [7, 11) is 0.895. The van der Waals surface area contributed by atoms with Crippen LogP contribution in [0.25, 0.3) is 0 Å². The number of hydrogen-bond acceptors (Lipinski definition) is 5. The molecule has 3 N–H and O–H groups in total. The number of methoxy groups -OCH3 is 1. The van der Waals surface area contributed by atoms with E-state index in [1.54, 1.807) is 0 Å². The first kappa shape index (κ1) is 12.7. The van der Waals surface area contributed by atoms with Crippen molar-refractivity contribution in [1.82, 2.24) is 0 Å². The molecule has 1 heterocycles. The van der Waals surface area contributed by atoms with E-state index < -0.39 is 36.9 Å². The minimum Gasteiger partial charge on any atom is -0.388 e. The van der Waals surface area contributed by atoms with Crippen molar-refractivity contribution in [3.05, 3.63) is 0 Å². The van der Waals surface area contributed by atoms with Crippen LogP contribution in [0.2, 0.25) is 0 Å². The van der Waals surface area contributed by atoms with Gasteiger partial charge < -0.3 is 24.8 Å². The molecule has 0 bridgehead atoms. The van der Waals surface area contributed by atoms with E-state index in [-0.39, 0.29) is 0 Å². The lowest BCUT2D eigenvalue weighted by Gasteiger charge is -2.44. The molecular formula is C7H11F3O5. The van der Waals surface area contributed by atoms with E-state index in [9.17, 15) is 18.3 Å². The number of aliphatic hydroxyl groups is 3. The van der Waals surface area contributed by atoms with Crippen molar-refractivity contribution in [2.75, 3.05) is 13.7 Å². The van der Waals surface area contributed by atoms with Crippen molar-refractivity contribution in [3.63, 3.8) is 0 Å². The van der Waals surface area contributed by atoms with Crippen molar-refractivity contribution in [3.8, 4) is 0 Å². The van der Waals surface area contributed by atoms with E-state index in [0.717, 1.165) is 7.11 Å². The fourth-order valence-electron chi connectivity index (χ4n) is 1.39. The van der Waals surface area contributed by atoms with Gasteiger partial charge in [-0.05, 0) is 0 Å². The number of hydrogen-bond donors (Lipinski definition) is 3. The van der Waals surface area contributed by atoms with Crippen LogP contribution < -0.4 is 0 Å². The molecule has 15 heavy (non-hydrogen) atoms. The van der Waals surface area contributed by atoms with Crippen LogP contribution in [0, 0.1) is 0 Å². The second kappa shape index (κ2) is 3.87. The van der Waals surface area contributed by atoms with Crippen LogP contribution in [-0.2, 0) is 9.47 Å². The summed E-state index contributed by atoms with van der Waals surface area (Å²) in [5, 5.41) is 27.5. The molecule has 1 rings (SSSR count). The Morgan fingerprint density at radius 1 is 1.40 bits per heavy atom. The standard InChI is InChI=1S/C7H11F3O5/c1-14-5-6(13,7(8,9)10)4(12)3(11)2-15-5/h3-5,11-13H,2H2,1H3/t3-,4-,5-,6-/m0/s1. The van der Waals surface area contributed by atoms with Crippen LogP contribution in [0.1, 0.15) is 0 Å². The molecule has 1 aliphatic rings. The largest absolute Gasteiger partial charge is 0.424 e. The molecule has 0 aliphatic carbocycles. The zero-order valence-electron chi connectivity index (χ0n) is 7.73. The first-order valence-corrected chi connectivity index (χ1v) is 4.04. The number of ether oxygens (including phenoxy) is 2. The molecule has 0 radical (unpaired) electrons. The third-order valence-corrected chi connectivity index (χ3v) is 2.26. The molecule has 1 saturated heterocycles. The highest BCUT2D eigenvalue weighted by Crippen LogP contribution is 2.40. The fraction of sp³-hybridized carbons (Fsp3) is 1.00. The van der Waals surface area contributed by atoms with Crippen LogP contribution in [0.5, 0.6) is 0 Å². The quantitative estimate of drug-likeness (QED) is 0.540. The Morgan fingerprint density at radius 2 is 1.93 bits per heavy atom. The normalized spacial score (nSPS) is 43.0. The number of aliphatic hydroxyl groups excluding tert-OH is 2. The summed E-state index contributed by atoms with van der Waals surface area (Å²) in [6, 6.07) is 0. The molecular weight excluding hydrogens is 221 g/mol. The SMILES string of the molecule is CO[C@H]1OC[C@H](O)[C@H](O)[C@@]1(O)C(F)(F)F. The van der Waals surface area contributed by atoms with E-state index in [1.165, 1.54) is 0 Å². The van der Waals surface area contributed by atoms with Crippen LogP contribution >= 0.6 is 0 Å². The van der Waals surface area contributed by atoms with Gasteiger partial charge in [0.2, 0.25) is 5.60 Å². The lowest BCUT2D eigenvalue weighted by molar-refractivity contribution is -0.394. The number of halogens is 3. The Kier molecular flexibility index (Phi) is 3.27. The van der Waals surface area contributed by atoms with Crippen LogP contribution in [0.15, 0.2) is 0 Å². The summed E-state index contributed by atoms with van der Waals surface area (Å²) in [6.07, 6.45) is -11.5. The van der Waals surface area contributed by atoms with Crippen LogP contribution in [0.4, 0.5) is 13.2 Å². The highest BCUT2D eigenvalue weighted by molar-refractivity contribution is 5.02. The second-order valence-corrected chi connectivity index (χ2v) is 3.24. The highest BCUT2D eigenvalue weighted by atomic mass is 19.4. The Labute approximate surface area is 83.0 Å². The summed E-state index contributed by atoms with van der Waals surface area (Å²) in [6.45, 7) is -0.544. The molecule has 0 amide bonds. The monoisotopic (exact) mass is 232 g/mol. The van der Waals surface area contributed by atoms with Crippen molar-refractivity contribution in [1.29, 1.82) is 0 Å². The molecule has 0 unspecified atom stereocenters. The van der Waals surface area contributed by atoms with Gasteiger partial charge in [-0.2, -0.15) is 13.2 Å². The lowest BCUT2D eigenvalue weighted by atomic mass is 9.89. The van der Waals surface area contributed by atoms with Crippen molar-refractivity contribution >= 4 is 0 Å². The van der Waals surface area contributed by atoms with E-state index in [1.807, 2.05) is 0 Å². The minimum atomic E-state index is -5.17. The first-order chi connectivity index (χ1) is 6.75. The van der Waals surface area contributed by atoms with Crippen molar-refractivity contribution in [2.45, 2.75) is 30.3 Å². The van der Waals surface area contributed by atoms with Gasteiger partial charge in [0.1, 0.15) is 12.2 Å². The van der Waals surface area contributed by atoms with Gasteiger partial charge in [-0.3, -0.25) is 0 Å². The topological polar surface area (TPSA) is 79.2 Å². The summed E-state index contributed by atoms with van der Waals surface area (Å²) in [4.78, 5) is 0. The van der Waals surface area contributed by atoms with Crippen LogP contribution in [0.3, 0.4) is 0 Å². The van der Waals surface area contributed by atoms with E-state index in [2.05, 4.69) is 9.47 Å². The number of alkyl halides is 3. The molecule has 0 spiro atoms. The Balaban J connectivity index is 3.05. The maximum Gasteiger partial charge on any atom is 0.424 e. The highest BCUT2D eigenvalue weighted by Gasteiger charge is 2.67. The average Bonchev–Trinajstić information content (AvgIpc) is 2.13. The van der Waals surface area contributed by atoms with E-state index in [0.29, 0.717) is 0 Å². The molecule has 0 aromatic carbocycles. The smallest absolute Gasteiger partial charge is 0.388 e. The zero-order valence-corrected chi connectivity index (χ0v) is 7.73. The molecule has 0 saturated carbocycles. The fourth-order valence-corrected chi connectivity index (χ4v) is 1.39. The number of rotatable bonds is 1. The molecule has 0 aromatic heterocycles. The molecule has 90 valence electrons. The summed E-state index contributed by atoms with van der Waals surface area (Å²) in [5.41, 5.74) is -3.63. The van der Waals surface area contributed by atoms with E-state index >= 15 is 0 Å². The Hall–Kier alpha value is -0.410. The van der Waals surface area contributed by atoms with Gasteiger partial charge in [-0.25, -0.2) is 0 Å². The molecule has 8 heteroatoms. The molecule has 5 nitrogen and oxygen atoms in total. The van der Waals surface area contributed by atoms with Gasteiger partial charge in [-0.1, -0.05) is 0 Å². The van der Waals surface area contributed by atoms with Gasteiger partial charge in [-0.15, -0.1) is 0 Å². The third-order valence-electron chi connectivity index (χ3n) is 2.26. The molecule has 1 aliphatic heterocycles. The van der Waals surface area contributed by atoms with Gasteiger partial charge >= 0.3 is 6.18 Å². The van der Waals surface area contributed by atoms with Gasteiger partial charge in [0, 0.05) is 7.11 Å². The predicted molar refractivity (Wildman–Crippen MR) is 39.8 cm³/mol. The van der Waals surface area contributed by atoms with Crippen molar-refractivity contribution in [2.24, 2.45) is 0 Å². The van der Waals surface area contributed by atoms with Gasteiger partial charge in [0.25, 0.3) is 0 Å². The average molecular weight is 232 g/mol. The van der Waals surface area contributed by atoms with Crippen molar-refractivity contribution < 1.29 is 38.0 Å². The van der Waals surface area contributed by atoms with Gasteiger partial charge in [0.15, 0.2) is 6.29 Å². The third kappa shape index (κ3) is 1.83. The maximum absolute atomic E-state index is 12.5. The summed E-state index contributed by atoms with van der Waals surface area (Å²) in [5.74, 6) is 0. The zero-order chi connectivity index (χ0) is 11.9. The predicted octanol–water partition coefficient (Wildman–Crippen LogP) is -0.996.